The lowest BCUT2D eigenvalue weighted by atomic mass is 10.0. The second-order valence-electron chi connectivity index (χ2n) is 5.34. The molecule has 0 radical (unpaired) electrons. The molecule has 0 saturated carbocycles. The molecule has 0 heterocycles. The number of carbonyl (C=O) groups excluding carboxylic acids is 1. The lowest BCUT2D eigenvalue weighted by Gasteiger charge is -2.20. The van der Waals surface area contributed by atoms with Crippen LogP contribution in [0.3, 0.4) is 0 Å². The van der Waals surface area contributed by atoms with E-state index in [-0.39, 0.29) is 12.7 Å². The topological polar surface area (TPSA) is 78.8 Å². The number of hydrogen-bond donors (Lipinski definition) is 3. The Morgan fingerprint density at radius 1 is 1.04 bits per heavy atom. The van der Waals surface area contributed by atoms with Crippen LogP contribution in [-0.4, -0.2) is 29.0 Å². The zero-order chi connectivity index (χ0) is 19.3. The summed E-state index contributed by atoms with van der Waals surface area (Å²) >= 11 is 0. The van der Waals surface area contributed by atoms with Gasteiger partial charge in [0.05, 0.1) is 5.56 Å². The van der Waals surface area contributed by atoms with Crippen molar-refractivity contribution in [2.75, 3.05) is 6.54 Å². The van der Waals surface area contributed by atoms with Crippen LogP contribution in [0.4, 0.5) is 22.4 Å². The predicted octanol–water partition coefficient (Wildman–Crippen LogP) is 2.56. The quantitative estimate of drug-likeness (QED) is 0.537. The number of carbonyl (C=O) groups is 1. The van der Waals surface area contributed by atoms with Gasteiger partial charge in [-0.1, -0.05) is 30.3 Å². The van der Waals surface area contributed by atoms with Crippen molar-refractivity contribution >= 4 is 6.09 Å². The van der Waals surface area contributed by atoms with Crippen LogP contribution in [-0.2, 0) is 11.3 Å². The number of amides is 1. The minimum atomic E-state index is -2.31. The Hall–Kier alpha value is -2.65. The number of aliphatic hydroxyl groups excluding tert-OH is 2. The summed E-state index contributed by atoms with van der Waals surface area (Å²) in [5.74, 6) is -7.11. The first-order valence-electron chi connectivity index (χ1n) is 7.44. The van der Waals surface area contributed by atoms with Crippen LogP contribution in [0.5, 0.6) is 0 Å². The minimum Gasteiger partial charge on any atom is -0.445 e. The van der Waals surface area contributed by atoms with Crippen molar-refractivity contribution in [1.82, 2.24) is 5.32 Å². The molecule has 0 aliphatic rings. The van der Waals surface area contributed by atoms with Gasteiger partial charge in [0.25, 0.3) is 0 Å². The number of hydrogen-bond acceptors (Lipinski definition) is 4. The fourth-order valence-corrected chi connectivity index (χ4v) is 2.12. The zero-order valence-electron chi connectivity index (χ0n) is 13.3. The van der Waals surface area contributed by atoms with Crippen molar-refractivity contribution in [3.8, 4) is 0 Å². The average molecular weight is 373 g/mol. The van der Waals surface area contributed by atoms with Crippen molar-refractivity contribution in [3.05, 3.63) is 70.8 Å². The summed E-state index contributed by atoms with van der Waals surface area (Å²) in [6.07, 6.45) is -5.22. The van der Waals surface area contributed by atoms with Crippen LogP contribution in [0.25, 0.3) is 0 Å². The standard InChI is InChI=1S/C17H15F4NO4/c18-10-6-11(19)15(21)13(14(10)20)16(24)12(23)7-22-17(25)26-8-9-4-2-1-3-5-9/h1-6,12,16,23-24H,7-8H2,(H,22,25). The minimum absolute atomic E-state index is 0.0214. The maximum absolute atomic E-state index is 13.6. The van der Waals surface area contributed by atoms with Gasteiger partial charge in [0.2, 0.25) is 0 Å². The van der Waals surface area contributed by atoms with Gasteiger partial charge in [-0.05, 0) is 5.56 Å². The highest BCUT2D eigenvalue weighted by atomic mass is 19.2. The van der Waals surface area contributed by atoms with Crippen LogP contribution >= 0.6 is 0 Å². The van der Waals surface area contributed by atoms with Crippen molar-refractivity contribution in [3.63, 3.8) is 0 Å². The summed E-state index contributed by atoms with van der Waals surface area (Å²) in [6, 6.07) is 8.63. The van der Waals surface area contributed by atoms with Crippen LogP contribution in [0.1, 0.15) is 17.2 Å². The predicted molar refractivity (Wildman–Crippen MR) is 81.9 cm³/mol. The summed E-state index contributed by atoms with van der Waals surface area (Å²) in [4.78, 5) is 11.5. The smallest absolute Gasteiger partial charge is 0.407 e. The Balaban J connectivity index is 1.93. The molecule has 2 rings (SSSR count). The molecule has 0 saturated heterocycles. The van der Waals surface area contributed by atoms with Crippen LogP contribution in [0.15, 0.2) is 36.4 Å². The molecule has 2 aromatic carbocycles. The van der Waals surface area contributed by atoms with Gasteiger partial charge in [-0.25, -0.2) is 22.4 Å². The molecule has 2 atom stereocenters. The largest absolute Gasteiger partial charge is 0.445 e. The normalized spacial score (nSPS) is 13.2. The molecule has 0 aliphatic carbocycles. The molecule has 140 valence electrons. The molecule has 0 aromatic heterocycles. The van der Waals surface area contributed by atoms with Crippen molar-refractivity contribution in [1.29, 1.82) is 0 Å². The Morgan fingerprint density at radius 2 is 1.62 bits per heavy atom. The Kier molecular flexibility index (Phi) is 6.53. The Bertz CT molecular complexity index is 747. The first kappa shape index (κ1) is 19.7. The highest BCUT2D eigenvalue weighted by Crippen LogP contribution is 2.27. The van der Waals surface area contributed by atoms with E-state index in [1.54, 1.807) is 30.3 Å². The summed E-state index contributed by atoms with van der Waals surface area (Å²) in [6.45, 7) is -0.741. The van der Waals surface area contributed by atoms with Crippen LogP contribution < -0.4 is 5.32 Å². The van der Waals surface area contributed by atoms with Gasteiger partial charge >= 0.3 is 6.09 Å². The lowest BCUT2D eigenvalue weighted by Crippen LogP contribution is -2.36. The fourth-order valence-electron chi connectivity index (χ4n) is 2.12. The van der Waals surface area contributed by atoms with Crippen LogP contribution in [0, 0.1) is 23.3 Å². The van der Waals surface area contributed by atoms with E-state index in [9.17, 15) is 32.6 Å². The number of aliphatic hydroxyl groups is 2. The van der Waals surface area contributed by atoms with Crippen molar-refractivity contribution < 1.29 is 37.3 Å². The van der Waals surface area contributed by atoms with E-state index in [1.807, 2.05) is 0 Å². The SMILES string of the molecule is O=C(NCC(O)C(O)c1c(F)c(F)cc(F)c1F)OCc1ccccc1. The number of alkyl carbamates (subject to hydrolysis) is 1. The first-order valence-corrected chi connectivity index (χ1v) is 7.44. The Labute approximate surface area is 145 Å². The highest BCUT2D eigenvalue weighted by Gasteiger charge is 2.29. The highest BCUT2D eigenvalue weighted by molar-refractivity contribution is 5.67. The van der Waals surface area contributed by atoms with E-state index < -0.39 is 53.7 Å². The maximum Gasteiger partial charge on any atom is 0.407 e. The van der Waals surface area contributed by atoms with Crippen molar-refractivity contribution in [2.24, 2.45) is 0 Å². The maximum atomic E-state index is 13.6. The monoisotopic (exact) mass is 373 g/mol. The van der Waals surface area contributed by atoms with Gasteiger partial charge < -0.3 is 20.3 Å². The molecule has 2 aromatic rings. The van der Waals surface area contributed by atoms with E-state index in [4.69, 9.17) is 4.74 Å². The molecule has 3 N–H and O–H groups in total. The van der Waals surface area contributed by atoms with E-state index >= 15 is 0 Å². The molecular weight excluding hydrogens is 358 g/mol. The summed E-state index contributed by atoms with van der Waals surface area (Å²) < 4.78 is 58.3. The molecule has 9 heteroatoms. The molecule has 0 aliphatic heterocycles. The molecular formula is C17H15F4NO4. The fraction of sp³-hybridized carbons (Fsp3) is 0.235. The van der Waals surface area contributed by atoms with E-state index in [1.165, 1.54) is 0 Å². The summed E-state index contributed by atoms with van der Waals surface area (Å²) in [7, 11) is 0. The van der Waals surface area contributed by atoms with Gasteiger partial charge in [0.15, 0.2) is 23.3 Å². The molecule has 0 bridgehead atoms. The van der Waals surface area contributed by atoms with Gasteiger partial charge in [0, 0.05) is 12.6 Å². The summed E-state index contributed by atoms with van der Waals surface area (Å²) in [5.41, 5.74) is -0.669. The Morgan fingerprint density at radius 3 is 2.19 bits per heavy atom. The van der Waals surface area contributed by atoms with E-state index in [0.29, 0.717) is 5.56 Å². The third-order valence-corrected chi connectivity index (χ3v) is 3.47. The number of rotatable bonds is 6. The van der Waals surface area contributed by atoms with E-state index in [2.05, 4.69) is 5.32 Å². The second kappa shape index (κ2) is 8.63. The van der Waals surface area contributed by atoms with Gasteiger partial charge in [-0.15, -0.1) is 0 Å². The second-order valence-corrected chi connectivity index (χ2v) is 5.34. The van der Waals surface area contributed by atoms with Crippen molar-refractivity contribution in [2.45, 2.75) is 18.8 Å². The zero-order valence-corrected chi connectivity index (χ0v) is 13.3. The number of ether oxygens (including phenoxy) is 1. The molecule has 26 heavy (non-hydrogen) atoms. The third kappa shape index (κ3) is 4.70. The van der Waals surface area contributed by atoms with Crippen LogP contribution in [0.2, 0.25) is 0 Å². The molecule has 0 spiro atoms. The third-order valence-electron chi connectivity index (χ3n) is 3.47. The lowest BCUT2D eigenvalue weighted by molar-refractivity contribution is 0.0134. The molecule has 5 nitrogen and oxygen atoms in total. The van der Waals surface area contributed by atoms with Gasteiger partial charge in [0.1, 0.15) is 18.8 Å². The molecule has 0 fully saturated rings. The number of halogens is 4. The number of benzene rings is 2. The first-order chi connectivity index (χ1) is 12.3. The number of nitrogens with one attached hydrogen (secondary N) is 1. The average Bonchev–Trinajstić information content (AvgIpc) is 2.63. The van der Waals surface area contributed by atoms with Gasteiger partial charge in [-0.2, -0.15) is 0 Å². The summed E-state index contributed by atoms with van der Waals surface area (Å²) in [5, 5.41) is 21.6. The van der Waals surface area contributed by atoms with E-state index in [0.717, 1.165) is 0 Å². The molecule has 2 unspecified atom stereocenters. The molecule has 1 amide bonds. The van der Waals surface area contributed by atoms with Gasteiger partial charge in [-0.3, -0.25) is 0 Å².